The first-order chi connectivity index (χ1) is 14.9. The van der Waals surface area contributed by atoms with E-state index in [0.29, 0.717) is 18.8 Å². The van der Waals surface area contributed by atoms with Gasteiger partial charge >= 0.3 is 0 Å². The number of aryl methyl sites for hydroxylation is 3. The average Bonchev–Trinajstić information content (AvgIpc) is 2.78. The maximum Gasteiger partial charge on any atom is 0.246 e. The molecule has 0 aliphatic rings. The van der Waals surface area contributed by atoms with E-state index in [0.717, 1.165) is 53.6 Å². The van der Waals surface area contributed by atoms with Crippen molar-refractivity contribution in [2.75, 3.05) is 24.7 Å². The van der Waals surface area contributed by atoms with Crippen LogP contribution in [0.15, 0.2) is 30.5 Å². The van der Waals surface area contributed by atoms with Gasteiger partial charge in [-0.15, -0.1) is 0 Å². The summed E-state index contributed by atoms with van der Waals surface area (Å²) in [5.74, 6) is 0.511. The number of carbonyl (C=O) groups excluding carboxylic acids is 2. The predicted molar refractivity (Wildman–Crippen MR) is 128 cm³/mol. The molecule has 166 valence electrons. The van der Waals surface area contributed by atoms with Crippen molar-refractivity contribution in [3.05, 3.63) is 58.3 Å². The second kappa shape index (κ2) is 11.9. The van der Waals surface area contributed by atoms with Crippen molar-refractivity contribution in [2.45, 2.75) is 53.0 Å². The van der Waals surface area contributed by atoms with E-state index in [4.69, 9.17) is 0 Å². The first-order valence-electron chi connectivity index (χ1n) is 10.9. The molecule has 0 radical (unpaired) electrons. The molecule has 0 bridgehead atoms. The van der Waals surface area contributed by atoms with Crippen LogP contribution in [-0.2, 0) is 29.0 Å². The van der Waals surface area contributed by atoms with Crippen molar-refractivity contribution in [1.82, 2.24) is 9.88 Å². The summed E-state index contributed by atoms with van der Waals surface area (Å²) >= 11 is 0. The normalized spacial score (nSPS) is 10.9. The maximum atomic E-state index is 12.7. The number of amides is 2. The molecule has 0 spiro atoms. The molecular formula is C25H34N4O2. The van der Waals surface area contributed by atoms with Gasteiger partial charge < -0.3 is 15.5 Å². The van der Waals surface area contributed by atoms with E-state index in [-0.39, 0.29) is 5.91 Å². The molecule has 2 aromatic rings. The molecule has 2 N–H and O–H groups in total. The van der Waals surface area contributed by atoms with Crippen LogP contribution in [0.4, 0.5) is 11.5 Å². The summed E-state index contributed by atoms with van der Waals surface area (Å²) in [6, 6.07) is 6.30. The fourth-order valence-electron chi connectivity index (χ4n) is 3.49. The second-order valence-electron chi connectivity index (χ2n) is 7.71. The molecule has 0 saturated heterocycles. The zero-order chi connectivity index (χ0) is 22.8. The van der Waals surface area contributed by atoms with Crippen LogP contribution in [0.25, 0.3) is 6.08 Å². The van der Waals surface area contributed by atoms with E-state index in [1.54, 1.807) is 23.2 Å². The van der Waals surface area contributed by atoms with E-state index < -0.39 is 0 Å². The first kappa shape index (κ1) is 24.1. The third-order valence-electron chi connectivity index (χ3n) is 5.40. The molecule has 6 nitrogen and oxygen atoms in total. The number of benzene rings is 1. The summed E-state index contributed by atoms with van der Waals surface area (Å²) in [6.45, 7) is 6.87. The van der Waals surface area contributed by atoms with Crippen LogP contribution in [0.2, 0.25) is 0 Å². The summed E-state index contributed by atoms with van der Waals surface area (Å²) in [5, 5.41) is 5.89. The second-order valence-corrected chi connectivity index (χ2v) is 7.71. The highest BCUT2D eigenvalue weighted by Crippen LogP contribution is 2.23. The molecule has 2 amide bonds. The first-order valence-corrected chi connectivity index (χ1v) is 10.9. The Morgan fingerprint density at radius 2 is 1.94 bits per heavy atom. The molecular weight excluding hydrogens is 388 g/mol. The standard InChI is InChI=1S/C25H34N4O2/c1-6-8-9-21-13-19(15-27-25(21)28-17-30)10-11-24(31)29(5)16-22-14-20(7-2)23(26-4)12-18(22)3/h10-15,17,26H,6-9,16H2,1-5H3,(H,27,28,30)/b11-10+. The van der Waals surface area contributed by atoms with E-state index in [1.807, 2.05) is 20.2 Å². The summed E-state index contributed by atoms with van der Waals surface area (Å²) < 4.78 is 0. The van der Waals surface area contributed by atoms with Gasteiger partial charge in [0.05, 0.1) is 0 Å². The molecule has 0 saturated carbocycles. The molecule has 2 rings (SSSR count). The lowest BCUT2D eigenvalue weighted by Gasteiger charge is -2.19. The number of unbranched alkanes of at least 4 members (excludes halogenated alkanes) is 1. The van der Waals surface area contributed by atoms with Gasteiger partial charge in [0, 0.05) is 38.6 Å². The molecule has 0 unspecified atom stereocenters. The third kappa shape index (κ3) is 6.67. The highest BCUT2D eigenvalue weighted by Gasteiger charge is 2.11. The molecule has 31 heavy (non-hydrogen) atoms. The van der Waals surface area contributed by atoms with Crippen LogP contribution in [0.1, 0.15) is 54.5 Å². The number of carbonyl (C=O) groups is 2. The van der Waals surface area contributed by atoms with Gasteiger partial charge in [-0.1, -0.05) is 26.3 Å². The van der Waals surface area contributed by atoms with Crippen LogP contribution >= 0.6 is 0 Å². The van der Waals surface area contributed by atoms with Crippen molar-refractivity contribution in [3.8, 4) is 0 Å². The average molecular weight is 423 g/mol. The van der Waals surface area contributed by atoms with Crippen molar-refractivity contribution in [2.24, 2.45) is 0 Å². The van der Waals surface area contributed by atoms with Gasteiger partial charge in [-0.05, 0) is 72.2 Å². The van der Waals surface area contributed by atoms with Gasteiger partial charge in [-0.3, -0.25) is 9.59 Å². The number of pyridine rings is 1. The molecule has 0 atom stereocenters. The monoisotopic (exact) mass is 422 g/mol. The molecule has 1 aromatic heterocycles. The number of likely N-dealkylation sites (N-methyl/N-ethyl adjacent to an activating group) is 1. The minimum absolute atomic E-state index is 0.0691. The largest absolute Gasteiger partial charge is 0.388 e. The summed E-state index contributed by atoms with van der Waals surface area (Å²) in [5.41, 5.74) is 6.50. The van der Waals surface area contributed by atoms with Crippen LogP contribution in [-0.4, -0.2) is 36.3 Å². The number of anilines is 2. The van der Waals surface area contributed by atoms with Crippen molar-refractivity contribution < 1.29 is 9.59 Å². The van der Waals surface area contributed by atoms with Gasteiger partial charge in [0.2, 0.25) is 12.3 Å². The summed E-state index contributed by atoms with van der Waals surface area (Å²) in [7, 11) is 3.74. The Morgan fingerprint density at radius 3 is 2.58 bits per heavy atom. The number of nitrogens with one attached hydrogen (secondary N) is 2. The molecule has 0 aliphatic carbocycles. The minimum Gasteiger partial charge on any atom is -0.388 e. The molecule has 1 heterocycles. The lowest BCUT2D eigenvalue weighted by atomic mass is 10.0. The van der Waals surface area contributed by atoms with E-state index in [2.05, 4.69) is 48.5 Å². The Kier molecular flexibility index (Phi) is 9.25. The fraction of sp³-hybridized carbons (Fsp3) is 0.400. The van der Waals surface area contributed by atoms with Crippen molar-refractivity contribution >= 4 is 29.9 Å². The molecule has 0 aliphatic heterocycles. The number of aromatic nitrogens is 1. The number of nitrogens with zero attached hydrogens (tertiary/aromatic N) is 2. The quantitative estimate of drug-likeness (QED) is 0.411. The Bertz CT molecular complexity index is 937. The zero-order valence-electron chi connectivity index (χ0n) is 19.3. The fourth-order valence-corrected chi connectivity index (χ4v) is 3.49. The van der Waals surface area contributed by atoms with Crippen LogP contribution in [0.3, 0.4) is 0 Å². The van der Waals surface area contributed by atoms with Gasteiger partial charge in [0.15, 0.2) is 0 Å². The van der Waals surface area contributed by atoms with E-state index in [9.17, 15) is 9.59 Å². The van der Waals surface area contributed by atoms with Gasteiger partial charge in [-0.2, -0.15) is 0 Å². The molecule has 0 fully saturated rings. The Morgan fingerprint density at radius 1 is 1.16 bits per heavy atom. The van der Waals surface area contributed by atoms with Crippen LogP contribution in [0.5, 0.6) is 0 Å². The van der Waals surface area contributed by atoms with Crippen molar-refractivity contribution in [1.29, 1.82) is 0 Å². The van der Waals surface area contributed by atoms with Gasteiger partial charge in [0.1, 0.15) is 5.82 Å². The third-order valence-corrected chi connectivity index (χ3v) is 5.40. The smallest absolute Gasteiger partial charge is 0.246 e. The predicted octanol–water partition coefficient (Wildman–Crippen LogP) is 4.58. The van der Waals surface area contributed by atoms with Gasteiger partial charge in [-0.25, -0.2) is 4.98 Å². The summed E-state index contributed by atoms with van der Waals surface area (Å²) in [6.07, 6.45) is 9.49. The maximum absolute atomic E-state index is 12.7. The van der Waals surface area contributed by atoms with Crippen LogP contribution < -0.4 is 10.6 Å². The number of hydrogen-bond acceptors (Lipinski definition) is 4. The summed E-state index contributed by atoms with van der Waals surface area (Å²) in [4.78, 5) is 29.5. The molecule has 1 aromatic carbocycles. The Balaban J connectivity index is 2.13. The van der Waals surface area contributed by atoms with Gasteiger partial charge in [0.25, 0.3) is 0 Å². The Labute approximate surface area is 185 Å². The lowest BCUT2D eigenvalue weighted by Crippen LogP contribution is -2.24. The SMILES string of the molecule is CCCCc1cc(/C=C/C(=O)N(C)Cc2cc(CC)c(NC)cc2C)cnc1NC=O. The highest BCUT2D eigenvalue weighted by molar-refractivity contribution is 5.91. The van der Waals surface area contributed by atoms with Crippen LogP contribution in [0, 0.1) is 6.92 Å². The van der Waals surface area contributed by atoms with E-state index >= 15 is 0 Å². The number of hydrogen-bond donors (Lipinski definition) is 2. The van der Waals surface area contributed by atoms with E-state index in [1.165, 1.54) is 5.56 Å². The highest BCUT2D eigenvalue weighted by atomic mass is 16.2. The lowest BCUT2D eigenvalue weighted by molar-refractivity contribution is -0.125. The Hall–Kier alpha value is -3.15. The topological polar surface area (TPSA) is 74.3 Å². The minimum atomic E-state index is -0.0691. The number of rotatable bonds is 11. The zero-order valence-corrected chi connectivity index (χ0v) is 19.3. The van der Waals surface area contributed by atoms with Crippen molar-refractivity contribution in [3.63, 3.8) is 0 Å². The molecule has 6 heteroatoms.